The Hall–Kier alpha value is -1.39. The quantitative estimate of drug-likeness (QED) is 0.927. The zero-order chi connectivity index (χ0) is 13.3. The fraction of sp³-hybridized carbons (Fsp3) is 0.308. The van der Waals surface area contributed by atoms with Gasteiger partial charge in [0.2, 0.25) is 0 Å². The van der Waals surface area contributed by atoms with Crippen LogP contribution in [-0.4, -0.2) is 16.8 Å². The minimum Gasteiger partial charge on any atom is -0.316 e. The molecule has 2 aromatic rings. The maximum absolute atomic E-state index is 13.1. The minimum atomic E-state index is -0.419. The van der Waals surface area contributed by atoms with E-state index in [1.54, 1.807) is 16.8 Å². The van der Waals surface area contributed by atoms with Gasteiger partial charge < -0.3 is 5.32 Å². The summed E-state index contributed by atoms with van der Waals surface area (Å²) in [7, 11) is 1.89. The van der Waals surface area contributed by atoms with Crippen LogP contribution in [0.5, 0.6) is 0 Å². The molecule has 0 aliphatic rings. The highest BCUT2D eigenvalue weighted by molar-refractivity contribution is 6.30. The number of rotatable bonds is 3. The molecule has 2 rings (SSSR count). The fourth-order valence-electron chi connectivity index (χ4n) is 1.98. The lowest BCUT2D eigenvalue weighted by Crippen LogP contribution is -2.07. The van der Waals surface area contributed by atoms with Gasteiger partial charge in [0.1, 0.15) is 5.82 Å². The van der Waals surface area contributed by atoms with Crippen molar-refractivity contribution in [3.8, 4) is 5.69 Å². The van der Waals surface area contributed by atoms with Gasteiger partial charge in [-0.3, -0.25) is 0 Å². The van der Waals surface area contributed by atoms with Gasteiger partial charge in [-0.25, -0.2) is 9.07 Å². The number of halogens is 2. The minimum absolute atomic E-state index is 0.107. The maximum atomic E-state index is 13.1. The van der Waals surface area contributed by atoms with E-state index in [2.05, 4.69) is 10.4 Å². The van der Waals surface area contributed by atoms with E-state index in [0.29, 0.717) is 0 Å². The maximum Gasteiger partial charge on any atom is 0.141 e. The zero-order valence-corrected chi connectivity index (χ0v) is 11.3. The number of nitrogens with zero attached hydrogens (tertiary/aromatic N) is 2. The number of aromatic nitrogens is 2. The topological polar surface area (TPSA) is 29.9 Å². The van der Waals surface area contributed by atoms with Crippen LogP contribution >= 0.6 is 11.6 Å². The van der Waals surface area contributed by atoms with Crippen molar-refractivity contribution in [3.63, 3.8) is 0 Å². The van der Waals surface area contributed by atoms with Gasteiger partial charge in [-0.05, 0) is 39.1 Å². The predicted molar refractivity (Wildman–Crippen MR) is 70.8 cm³/mol. The summed E-state index contributed by atoms with van der Waals surface area (Å²) in [6.45, 7) is 4.71. The van der Waals surface area contributed by atoms with Crippen LogP contribution in [-0.2, 0) is 6.54 Å². The molecule has 3 nitrogen and oxygen atoms in total. The summed E-state index contributed by atoms with van der Waals surface area (Å²) < 4.78 is 14.9. The highest BCUT2D eigenvalue weighted by atomic mass is 35.5. The molecule has 0 spiro atoms. The summed E-state index contributed by atoms with van der Waals surface area (Å²) in [5, 5.41) is 7.68. The van der Waals surface area contributed by atoms with Crippen LogP contribution in [0.4, 0.5) is 4.39 Å². The monoisotopic (exact) mass is 267 g/mol. The molecule has 0 aliphatic carbocycles. The summed E-state index contributed by atoms with van der Waals surface area (Å²) in [6.07, 6.45) is 0. The lowest BCUT2D eigenvalue weighted by molar-refractivity contribution is 0.627. The van der Waals surface area contributed by atoms with E-state index in [1.165, 1.54) is 6.07 Å². The number of nitrogens with one attached hydrogen (secondary N) is 1. The molecular formula is C13H15ClFN3. The second-order valence-electron chi connectivity index (χ2n) is 4.19. The first-order valence-corrected chi connectivity index (χ1v) is 6.07. The van der Waals surface area contributed by atoms with E-state index in [9.17, 15) is 4.39 Å². The van der Waals surface area contributed by atoms with Gasteiger partial charge in [-0.2, -0.15) is 5.10 Å². The molecule has 1 N–H and O–H groups in total. The van der Waals surface area contributed by atoms with Gasteiger partial charge in [0.25, 0.3) is 0 Å². The Balaban J connectivity index is 2.50. The highest BCUT2D eigenvalue weighted by Crippen LogP contribution is 2.22. The summed E-state index contributed by atoms with van der Waals surface area (Å²) in [5.41, 5.74) is 3.91. The number of hydrogen-bond donors (Lipinski definition) is 1. The standard InChI is InChI=1S/C13H15ClFN3/c1-8-11(7-16-3)9(2)18(17-8)10-4-5-13(15)12(14)6-10/h4-6,16H,7H2,1-3H3. The molecular weight excluding hydrogens is 253 g/mol. The van der Waals surface area contributed by atoms with Crippen molar-refractivity contribution < 1.29 is 4.39 Å². The van der Waals surface area contributed by atoms with E-state index in [-0.39, 0.29) is 5.02 Å². The summed E-state index contributed by atoms with van der Waals surface area (Å²) in [4.78, 5) is 0. The lowest BCUT2D eigenvalue weighted by Gasteiger charge is -2.06. The molecule has 0 amide bonds. The van der Waals surface area contributed by atoms with Crippen LogP contribution in [0.1, 0.15) is 17.0 Å². The molecule has 0 radical (unpaired) electrons. The van der Waals surface area contributed by atoms with Crippen molar-refractivity contribution >= 4 is 11.6 Å². The average molecular weight is 268 g/mol. The number of aryl methyl sites for hydroxylation is 1. The van der Waals surface area contributed by atoms with Crippen LogP contribution in [0.15, 0.2) is 18.2 Å². The zero-order valence-electron chi connectivity index (χ0n) is 10.6. The number of benzene rings is 1. The van der Waals surface area contributed by atoms with Gasteiger partial charge >= 0.3 is 0 Å². The smallest absolute Gasteiger partial charge is 0.141 e. The molecule has 5 heteroatoms. The van der Waals surface area contributed by atoms with Gasteiger partial charge in [0.15, 0.2) is 0 Å². The third-order valence-corrected chi connectivity index (χ3v) is 3.23. The Bertz CT molecular complexity index is 578. The lowest BCUT2D eigenvalue weighted by atomic mass is 10.2. The van der Waals surface area contributed by atoms with Crippen LogP contribution in [0.25, 0.3) is 5.69 Å². The van der Waals surface area contributed by atoms with E-state index in [4.69, 9.17) is 11.6 Å². The number of hydrogen-bond acceptors (Lipinski definition) is 2. The molecule has 1 heterocycles. The first kappa shape index (κ1) is 13.1. The van der Waals surface area contributed by atoms with E-state index in [1.807, 2.05) is 20.9 Å². The third-order valence-electron chi connectivity index (χ3n) is 2.94. The SMILES string of the molecule is CNCc1c(C)nn(-c2ccc(F)c(Cl)c2)c1C. The van der Waals surface area contributed by atoms with Crippen LogP contribution in [0, 0.1) is 19.7 Å². The molecule has 0 fully saturated rings. The first-order valence-electron chi connectivity index (χ1n) is 5.69. The van der Waals surface area contributed by atoms with Crippen LogP contribution in [0.3, 0.4) is 0 Å². The first-order chi connectivity index (χ1) is 8.54. The van der Waals surface area contributed by atoms with Crippen molar-refractivity contribution in [3.05, 3.63) is 46.0 Å². The Morgan fingerprint density at radius 1 is 1.39 bits per heavy atom. The Morgan fingerprint density at radius 2 is 2.11 bits per heavy atom. The van der Waals surface area contributed by atoms with Crippen LogP contribution < -0.4 is 5.32 Å². The Labute approximate surface area is 111 Å². The molecule has 0 bridgehead atoms. The largest absolute Gasteiger partial charge is 0.316 e. The van der Waals surface area contributed by atoms with Gasteiger partial charge in [0.05, 0.1) is 16.4 Å². The Kier molecular flexibility index (Phi) is 3.68. The second-order valence-corrected chi connectivity index (χ2v) is 4.60. The molecule has 0 saturated carbocycles. The molecule has 0 aliphatic heterocycles. The predicted octanol–water partition coefficient (Wildman–Crippen LogP) is 3.00. The molecule has 18 heavy (non-hydrogen) atoms. The van der Waals surface area contributed by atoms with Crippen LogP contribution in [0.2, 0.25) is 5.02 Å². The molecule has 1 aromatic carbocycles. The van der Waals surface area contributed by atoms with Crippen molar-refractivity contribution in [1.29, 1.82) is 0 Å². The van der Waals surface area contributed by atoms with E-state index < -0.39 is 5.82 Å². The van der Waals surface area contributed by atoms with Gasteiger partial charge in [0, 0.05) is 17.8 Å². The molecule has 0 unspecified atom stereocenters. The molecule has 96 valence electrons. The summed E-state index contributed by atoms with van der Waals surface area (Å²) >= 11 is 5.80. The third kappa shape index (κ3) is 2.26. The normalized spacial score (nSPS) is 10.9. The molecule has 1 aromatic heterocycles. The van der Waals surface area contributed by atoms with Crippen molar-refractivity contribution in [2.75, 3.05) is 7.05 Å². The van der Waals surface area contributed by atoms with Gasteiger partial charge in [-0.15, -0.1) is 0 Å². The molecule has 0 saturated heterocycles. The van der Waals surface area contributed by atoms with E-state index >= 15 is 0 Å². The average Bonchev–Trinajstić information content (AvgIpc) is 2.61. The van der Waals surface area contributed by atoms with Crippen molar-refractivity contribution in [2.24, 2.45) is 0 Å². The highest BCUT2D eigenvalue weighted by Gasteiger charge is 2.12. The Morgan fingerprint density at radius 3 is 2.72 bits per heavy atom. The second kappa shape index (κ2) is 5.08. The van der Waals surface area contributed by atoms with E-state index in [0.717, 1.165) is 29.2 Å². The fourth-order valence-corrected chi connectivity index (χ4v) is 2.15. The van der Waals surface area contributed by atoms with Crippen molar-refractivity contribution in [1.82, 2.24) is 15.1 Å². The summed E-state index contributed by atoms with van der Waals surface area (Å²) in [6, 6.07) is 4.61. The molecule has 0 atom stereocenters. The van der Waals surface area contributed by atoms with Gasteiger partial charge in [-0.1, -0.05) is 11.6 Å². The van der Waals surface area contributed by atoms with Crippen molar-refractivity contribution in [2.45, 2.75) is 20.4 Å². The summed E-state index contributed by atoms with van der Waals surface area (Å²) in [5.74, 6) is -0.419.